The van der Waals surface area contributed by atoms with Crippen molar-refractivity contribution in [2.75, 3.05) is 19.8 Å². The van der Waals surface area contributed by atoms with Gasteiger partial charge in [0.15, 0.2) is 6.29 Å². The number of ether oxygens (including phenoxy) is 3. The van der Waals surface area contributed by atoms with Gasteiger partial charge in [-0.2, -0.15) is 0 Å². The van der Waals surface area contributed by atoms with Crippen molar-refractivity contribution in [1.29, 1.82) is 0 Å². The minimum atomic E-state index is -1.57. The number of aliphatic hydroxyl groups excluding tert-OH is 5. The van der Waals surface area contributed by atoms with Crippen LogP contribution in [0.4, 0.5) is 0 Å². The molecule has 11 nitrogen and oxygen atoms in total. The highest BCUT2D eigenvalue weighted by atomic mass is 16.7. The Morgan fingerprint density at radius 1 is 0.429 bits per heavy atom. The molecule has 1 aliphatic heterocycles. The Morgan fingerprint density at radius 2 is 0.774 bits per heavy atom. The number of esters is 1. The molecule has 0 aliphatic carbocycles. The van der Waals surface area contributed by atoms with Crippen molar-refractivity contribution in [3.8, 4) is 0 Å². The van der Waals surface area contributed by atoms with Gasteiger partial charge in [-0.3, -0.25) is 9.59 Å². The summed E-state index contributed by atoms with van der Waals surface area (Å²) in [5, 5.41) is 54.2. The van der Waals surface area contributed by atoms with E-state index in [0.29, 0.717) is 19.4 Å². The molecular weight excluding hydrogens is 1050 g/mol. The van der Waals surface area contributed by atoms with Crippen molar-refractivity contribution in [3.63, 3.8) is 0 Å². The Kier molecular flexibility index (Phi) is 59.0. The first-order valence-corrected chi connectivity index (χ1v) is 35.9. The maximum Gasteiger partial charge on any atom is 0.305 e. The number of aliphatic hydroxyl groups is 5. The van der Waals surface area contributed by atoms with Gasteiger partial charge in [0, 0.05) is 12.8 Å². The van der Waals surface area contributed by atoms with E-state index in [2.05, 4.69) is 55.6 Å². The fourth-order valence-electron chi connectivity index (χ4n) is 11.2. The van der Waals surface area contributed by atoms with Crippen LogP contribution in [0.15, 0.2) is 48.6 Å². The Hall–Kier alpha value is -2.38. The van der Waals surface area contributed by atoms with Gasteiger partial charge in [0.2, 0.25) is 5.91 Å². The third kappa shape index (κ3) is 50.6. The zero-order valence-corrected chi connectivity index (χ0v) is 54.6. The Balaban J connectivity index is 1.90. The molecule has 0 radical (unpaired) electrons. The molecule has 11 heteroatoms. The van der Waals surface area contributed by atoms with Crippen LogP contribution in [-0.4, -0.2) is 100 Å². The van der Waals surface area contributed by atoms with E-state index in [1.54, 1.807) is 6.08 Å². The smallest absolute Gasteiger partial charge is 0.305 e. The number of hydrogen-bond acceptors (Lipinski definition) is 10. The molecular formula is C73H135NO10. The van der Waals surface area contributed by atoms with Gasteiger partial charge in [-0.15, -0.1) is 0 Å². The average molecular weight is 1190 g/mol. The molecule has 1 heterocycles. The first-order valence-electron chi connectivity index (χ1n) is 35.9. The van der Waals surface area contributed by atoms with E-state index in [1.165, 1.54) is 257 Å². The third-order valence-electron chi connectivity index (χ3n) is 16.9. The normalized spacial score (nSPS) is 18.3. The fourth-order valence-corrected chi connectivity index (χ4v) is 11.2. The van der Waals surface area contributed by atoms with Crippen LogP contribution in [-0.2, 0) is 23.8 Å². The van der Waals surface area contributed by atoms with E-state index >= 15 is 0 Å². The van der Waals surface area contributed by atoms with Crippen molar-refractivity contribution in [2.45, 2.75) is 384 Å². The summed E-state index contributed by atoms with van der Waals surface area (Å²) in [6, 6.07) is -0.824. The summed E-state index contributed by atoms with van der Waals surface area (Å²) in [6.07, 6.45) is 71.4. The second-order valence-electron chi connectivity index (χ2n) is 24.9. The number of allylic oxidation sites excluding steroid dienone is 7. The summed E-state index contributed by atoms with van der Waals surface area (Å²) >= 11 is 0. The maximum absolute atomic E-state index is 13.0. The lowest BCUT2D eigenvalue weighted by atomic mass is 9.99. The summed E-state index contributed by atoms with van der Waals surface area (Å²) in [5.74, 6) is -0.189. The lowest BCUT2D eigenvalue weighted by Crippen LogP contribution is -2.60. The van der Waals surface area contributed by atoms with Gasteiger partial charge in [0.1, 0.15) is 24.4 Å². The second-order valence-corrected chi connectivity index (χ2v) is 24.9. The third-order valence-corrected chi connectivity index (χ3v) is 16.9. The lowest BCUT2D eigenvalue weighted by Gasteiger charge is -2.40. The van der Waals surface area contributed by atoms with Gasteiger partial charge in [-0.1, -0.05) is 281 Å². The molecule has 0 aromatic rings. The molecule has 1 amide bonds. The highest BCUT2D eigenvalue weighted by molar-refractivity contribution is 5.76. The SMILES string of the molecule is CCCCC/C=C/CC/C=C/C(O)C(COC1OC(CO)C(O)C(O)C1O)NC(=O)CCCCCCCCCCCCCCCCCC/C=C\CCCCCCCCCCCCCCOC(=O)CCCCCCC/C=C\CCCCCCCC. The maximum atomic E-state index is 13.0. The van der Waals surface area contributed by atoms with Gasteiger partial charge >= 0.3 is 5.97 Å². The highest BCUT2D eigenvalue weighted by Gasteiger charge is 2.44. The monoisotopic (exact) mass is 1190 g/mol. The fraction of sp³-hybridized carbons (Fsp3) is 0.863. The van der Waals surface area contributed by atoms with E-state index in [4.69, 9.17) is 14.2 Å². The molecule has 0 aromatic carbocycles. The van der Waals surface area contributed by atoms with Crippen LogP contribution in [0, 0.1) is 0 Å². The Labute approximate surface area is 516 Å². The van der Waals surface area contributed by atoms with Crippen LogP contribution in [0.1, 0.15) is 341 Å². The number of rotatable bonds is 63. The molecule has 84 heavy (non-hydrogen) atoms. The van der Waals surface area contributed by atoms with Crippen molar-refractivity contribution in [3.05, 3.63) is 48.6 Å². The molecule has 0 spiro atoms. The summed E-state index contributed by atoms with van der Waals surface area (Å²) in [5.41, 5.74) is 0. The lowest BCUT2D eigenvalue weighted by molar-refractivity contribution is -0.302. The van der Waals surface area contributed by atoms with E-state index < -0.39 is 49.5 Å². The molecule has 0 saturated carbocycles. The molecule has 0 bridgehead atoms. The summed E-state index contributed by atoms with van der Waals surface area (Å²) < 4.78 is 16.7. The van der Waals surface area contributed by atoms with Crippen molar-refractivity contribution < 1.29 is 49.3 Å². The van der Waals surface area contributed by atoms with E-state index in [-0.39, 0.29) is 18.5 Å². The number of carbonyl (C=O) groups excluding carboxylic acids is 2. The molecule has 492 valence electrons. The summed E-state index contributed by atoms with van der Waals surface area (Å²) in [6.45, 7) is 4.29. The van der Waals surface area contributed by atoms with E-state index in [0.717, 1.165) is 57.8 Å². The summed E-state index contributed by atoms with van der Waals surface area (Å²) in [4.78, 5) is 25.1. The zero-order valence-electron chi connectivity index (χ0n) is 54.6. The molecule has 6 N–H and O–H groups in total. The number of amides is 1. The zero-order chi connectivity index (χ0) is 60.9. The molecule has 1 fully saturated rings. The topological polar surface area (TPSA) is 175 Å². The van der Waals surface area contributed by atoms with Crippen LogP contribution >= 0.6 is 0 Å². The number of nitrogens with one attached hydrogen (secondary N) is 1. The standard InChI is InChI=1S/C73H135NO10/c1-3-5-7-9-11-13-14-15-34-38-41-45-49-53-57-61-69(78)82-62-58-54-50-46-42-39-36-33-31-29-27-25-23-21-19-17-16-18-20-22-24-26-28-30-32-35-37-40-44-48-52-56-60-68(77)74-65(66(76)59-55-51-47-43-12-10-8-6-4-2)64-83-73-72(81)71(80)70(79)67(63-75)84-73/h12,15,19,21,34,43,55,59,65-67,70-73,75-76,79-81H,3-11,13-14,16-18,20,22-33,35-42,44-54,56-58,60-64H2,1-2H3,(H,74,77)/b21-19-,34-15-,43-12+,59-55+. The van der Waals surface area contributed by atoms with Crippen molar-refractivity contribution in [1.82, 2.24) is 5.32 Å². The number of hydrogen-bond donors (Lipinski definition) is 6. The molecule has 0 aromatic heterocycles. The van der Waals surface area contributed by atoms with E-state index in [1.807, 2.05) is 6.08 Å². The van der Waals surface area contributed by atoms with Crippen LogP contribution in [0.5, 0.6) is 0 Å². The van der Waals surface area contributed by atoms with Gasteiger partial charge in [0.05, 0.1) is 32.0 Å². The molecule has 1 saturated heterocycles. The Bertz CT molecular complexity index is 1530. The quantitative estimate of drug-likeness (QED) is 0.0195. The van der Waals surface area contributed by atoms with Crippen LogP contribution < -0.4 is 5.32 Å². The van der Waals surface area contributed by atoms with Crippen molar-refractivity contribution in [2.24, 2.45) is 0 Å². The van der Waals surface area contributed by atoms with Gasteiger partial charge in [-0.05, 0) is 96.3 Å². The average Bonchev–Trinajstić information content (AvgIpc) is 3.70. The van der Waals surface area contributed by atoms with Crippen LogP contribution in [0.3, 0.4) is 0 Å². The Morgan fingerprint density at radius 3 is 1.20 bits per heavy atom. The summed E-state index contributed by atoms with van der Waals surface area (Å²) in [7, 11) is 0. The minimum Gasteiger partial charge on any atom is -0.466 e. The number of unbranched alkanes of at least 4 members (excludes halogenated alkanes) is 43. The second kappa shape index (κ2) is 62.2. The minimum absolute atomic E-state index is 0.00246. The highest BCUT2D eigenvalue weighted by Crippen LogP contribution is 2.23. The van der Waals surface area contributed by atoms with Gasteiger partial charge in [-0.25, -0.2) is 0 Å². The number of carbonyl (C=O) groups is 2. The first-order chi connectivity index (χ1) is 41.2. The predicted molar refractivity (Wildman–Crippen MR) is 352 cm³/mol. The molecule has 1 rings (SSSR count). The molecule has 7 unspecified atom stereocenters. The van der Waals surface area contributed by atoms with Gasteiger partial charge in [0.25, 0.3) is 0 Å². The largest absolute Gasteiger partial charge is 0.466 e. The predicted octanol–water partition coefficient (Wildman–Crippen LogP) is 18.4. The molecule has 1 aliphatic rings. The van der Waals surface area contributed by atoms with Crippen LogP contribution in [0.2, 0.25) is 0 Å². The van der Waals surface area contributed by atoms with Crippen LogP contribution in [0.25, 0.3) is 0 Å². The van der Waals surface area contributed by atoms with E-state index in [9.17, 15) is 35.1 Å². The van der Waals surface area contributed by atoms with Gasteiger partial charge < -0.3 is 45.1 Å². The molecule has 7 atom stereocenters. The van der Waals surface area contributed by atoms with Crippen molar-refractivity contribution >= 4 is 11.9 Å². The first kappa shape index (κ1) is 79.6.